The highest BCUT2D eigenvalue weighted by atomic mass is 16.5. The van der Waals surface area contributed by atoms with E-state index in [1.165, 1.54) is 0 Å². The number of aromatic nitrogens is 4. The molecule has 1 amide bonds. The second-order valence-electron chi connectivity index (χ2n) is 7.08. The molecule has 0 fully saturated rings. The number of fused-ring (bicyclic) bond motifs is 3. The Morgan fingerprint density at radius 2 is 2.04 bits per heavy atom. The van der Waals surface area contributed by atoms with E-state index >= 15 is 0 Å². The lowest BCUT2D eigenvalue weighted by Crippen LogP contribution is -2.12. The number of carbonyl (C=O) groups is 1. The molecule has 142 valence electrons. The van der Waals surface area contributed by atoms with Crippen LogP contribution in [-0.2, 0) is 6.54 Å². The maximum absolute atomic E-state index is 12.8. The van der Waals surface area contributed by atoms with Crippen LogP contribution in [0.15, 0.2) is 48.8 Å². The molecule has 0 saturated carbocycles. The average Bonchev–Trinajstić information content (AvgIpc) is 3.10. The Hall–Kier alpha value is -3.48. The fourth-order valence-electron chi connectivity index (χ4n) is 3.21. The van der Waals surface area contributed by atoms with Gasteiger partial charge >= 0.3 is 0 Å². The smallest absolute Gasteiger partial charge is 0.255 e. The molecule has 28 heavy (non-hydrogen) atoms. The maximum atomic E-state index is 12.8. The highest BCUT2D eigenvalue weighted by Gasteiger charge is 2.14. The molecule has 0 saturated heterocycles. The number of rotatable bonds is 5. The van der Waals surface area contributed by atoms with Gasteiger partial charge in [-0.15, -0.1) is 10.2 Å². The summed E-state index contributed by atoms with van der Waals surface area (Å²) in [6, 6.07) is 12.7. The standard InChI is InChI=1S/C21H21N5O2/c1-13(2)11-26-12-22-20-19(26)17-9-14(7-8-18(17)24-25-20)21(27)23-15-5-4-6-16(10-15)28-3/h4-10,12-13H,11H2,1-3H3,(H,23,27). The van der Waals surface area contributed by atoms with Crippen LogP contribution < -0.4 is 10.1 Å². The van der Waals surface area contributed by atoms with Crippen LogP contribution in [0, 0.1) is 5.92 Å². The van der Waals surface area contributed by atoms with Gasteiger partial charge in [-0.1, -0.05) is 19.9 Å². The number of methoxy groups -OCH3 is 1. The molecule has 0 aliphatic rings. The van der Waals surface area contributed by atoms with Gasteiger partial charge in [-0.2, -0.15) is 0 Å². The predicted octanol–water partition coefficient (Wildman–Crippen LogP) is 3.90. The Kier molecular flexibility index (Phi) is 4.65. The summed E-state index contributed by atoms with van der Waals surface area (Å²) in [5.74, 6) is 0.945. The average molecular weight is 375 g/mol. The van der Waals surface area contributed by atoms with Gasteiger partial charge in [-0.3, -0.25) is 4.79 Å². The van der Waals surface area contributed by atoms with Crippen molar-refractivity contribution in [2.24, 2.45) is 5.92 Å². The van der Waals surface area contributed by atoms with Crippen molar-refractivity contribution in [1.82, 2.24) is 19.7 Å². The number of hydrogen-bond donors (Lipinski definition) is 1. The van der Waals surface area contributed by atoms with Crippen molar-refractivity contribution in [3.8, 4) is 5.75 Å². The molecule has 7 nitrogen and oxygen atoms in total. The molecule has 2 aromatic carbocycles. The van der Waals surface area contributed by atoms with Crippen molar-refractivity contribution < 1.29 is 9.53 Å². The van der Waals surface area contributed by atoms with E-state index in [2.05, 4.69) is 38.9 Å². The van der Waals surface area contributed by atoms with Crippen LogP contribution in [0.3, 0.4) is 0 Å². The molecule has 4 rings (SSSR count). The van der Waals surface area contributed by atoms with Gasteiger partial charge in [0.2, 0.25) is 5.65 Å². The molecule has 0 unspecified atom stereocenters. The summed E-state index contributed by atoms with van der Waals surface area (Å²) in [7, 11) is 1.59. The van der Waals surface area contributed by atoms with E-state index in [1.54, 1.807) is 25.6 Å². The third-order valence-electron chi connectivity index (χ3n) is 4.47. The molecule has 0 atom stereocenters. The minimum atomic E-state index is -0.199. The van der Waals surface area contributed by atoms with E-state index in [0.29, 0.717) is 28.6 Å². The largest absolute Gasteiger partial charge is 0.497 e. The molecule has 2 aromatic heterocycles. The number of ether oxygens (including phenoxy) is 1. The number of benzene rings is 2. The molecule has 0 spiro atoms. The second kappa shape index (κ2) is 7.26. The summed E-state index contributed by atoms with van der Waals surface area (Å²) in [6.45, 7) is 5.11. The number of nitrogens with zero attached hydrogens (tertiary/aromatic N) is 4. The van der Waals surface area contributed by atoms with E-state index in [-0.39, 0.29) is 5.91 Å². The minimum absolute atomic E-state index is 0.199. The molecule has 0 radical (unpaired) electrons. The first-order valence-electron chi connectivity index (χ1n) is 9.12. The first-order chi connectivity index (χ1) is 13.5. The summed E-state index contributed by atoms with van der Waals surface area (Å²) >= 11 is 0. The molecular weight excluding hydrogens is 354 g/mol. The molecule has 0 aliphatic carbocycles. The van der Waals surface area contributed by atoms with Crippen LogP contribution in [0.25, 0.3) is 22.1 Å². The molecule has 0 aliphatic heterocycles. The number of hydrogen-bond acceptors (Lipinski definition) is 5. The molecule has 0 bridgehead atoms. The highest BCUT2D eigenvalue weighted by molar-refractivity contribution is 6.09. The molecule has 7 heteroatoms. The van der Waals surface area contributed by atoms with Gasteiger partial charge in [0.15, 0.2) is 0 Å². The number of carbonyl (C=O) groups excluding carboxylic acids is 1. The quantitative estimate of drug-likeness (QED) is 0.572. The Bertz CT molecular complexity index is 1170. The topological polar surface area (TPSA) is 81.9 Å². The van der Waals surface area contributed by atoms with Crippen molar-refractivity contribution in [2.45, 2.75) is 20.4 Å². The van der Waals surface area contributed by atoms with Crippen LogP contribution >= 0.6 is 0 Å². The van der Waals surface area contributed by atoms with Crippen molar-refractivity contribution in [3.63, 3.8) is 0 Å². The molecular formula is C21H21N5O2. The third kappa shape index (κ3) is 3.38. The first-order valence-corrected chi connectivity index (χ1v) is 9.12. The van der Waals surface area contributed by atoms with Crippen molar-refractivity contribution in [2.75, 3.05) is 12.4 Å². The molecule has 1 N–H and O–H groups in total. The highest BCUT2D eigenvalue weighted by Crippen LogP contribution is 2.24. The molecule has 2 heterocycles. The van der Waals surface area contributed by atoms with Gasteiger partial charge in [-0.05, 0) is 36.2 Å². The minimum Gasteiger partial charge on any atom is -0.497 e. The lowest BCUT2D eigenvalue weighted by atomic mass is 10.1. The van der Waals surface area contributed by atoms with Gasteiger partial charge in [0.1, 0.15) is 5.75 Å². The van der Waals surface area contributed by atoms with Crippen LogP contribution in [0.2, 0.25) is 0 Å². The Labute approximate surface area is 162 Å². The van der Waals surface area contributed by atoms with Gasteiger partial charge in [0, 0.05) is 29.2 Å². The van der Waals surface area contributed by atoms with Crippen molar-refractivity contribution >= 4 is 33.7 Å². The predicted molar refractivity (Wildman–Crippen MR) is 109 cm³/mol. The Balaban J connectivity index is 1.74. The second-order valence-corrected chi connectivity index (χ2v) is 7.08. The zero-order valence-electron chi connectivity index (χ0n) is 16.0. The monoisotopic (exact) mass is 375 g/mol. The number of imidazole rings is 1. The van der Waals surface area contributed by atoms with E-state index in [0.717, 1.165) is 23.0 Å². The van der Waals surface area contributed by atoms with Crippen LogP contribution in [-0.4, -0.2) is 32.8 Å². The van der Waals surface area contributed by atoms with E-state index in [4.69, 9.17) is 4.74 Å². The van der Waals surface area contributed by atoms with Crippen LogP contribution in [0.1, 0.15) is 24.2 Å². The summed E-state index contributed by atoms with van der Waals surface area (Å²) in [6.07, 6.45) is 1.78. The first kappa shape index (κ1) is 17.9. The fraction of sp³-hybridized carbons (Fsp3) is 0.238. The third-order valence-corrected chi connectivity index (χ3v) is 4.47. The van der Waals surface area contributed by atoms with E-state index in [9.17, 15) is 4.79 Å². The normalized spacial score (nSPS) is 11.3. The van der Waals surface area contributed by atoms with Crippen molar-refractivity contribution in [3.05, 3.63) is 54.4 Å². The van der Waals surface area contributed by atoms with Crippen LogP contribution in [0.5, 0.6) is 5.75 Å². The Morgan fingerprint density at radius 3 is 2.82 bits per heavy atom. The van der Waals surface area contributed by atoms with Gasteiger partial charge in [0.05, 0.1) is 24.5 Å². The van der Waals surface area contributed by atoms with E-state index in [1.807, 2.05) is 30.3 Å². The number of amides is 1. The van der Waals surface area contributed by atoms with E-state index < -0.39 is 0 Å². The summed E-state index contributed by atoms with van der Waals surface area (Å²) < 4.78 is 7.28. The van der Waals surface area contributed by atoms with Gasteiger partial charge in [-0.25, -0.2) is 4.98 Å². The number of anilines is 1. The SMILES string of the molecule is COc1cccc(NC(=O)c2ccc3nnc4ncn(CC(C)C)c4c3c2)c1. The zero-order chi connectivity index (χ0) is 19.7. The number of nitrogens with one attached hydrogen (secondary N) is 1. The maximum Gasteiger partial charge on any atom is 0.255 e. The molecule has 4 aromatic rings. The zero-order valence-corrected chi connectivity index (χ0v) is 16.0. The summed E-state index contributed by atoms with van der Waals surface area (Å²) in [5, 5.41) is 12.2. The van der Waals surface area contributed by atoms with Gasteiger partial charge < -0.3 is 14.6 Å². The summed E-state index contributed by atoms with van der Waals surface area (Å²) in [4.78, 5) is 17.1. The Morgan fingerprint density at radius 1 is 1.18 bits per heavy atom. The lowest BCUT2D eigenvalue weighted by Gasteiger charge is -2.10. The fourth-order valence-corrected chi connectivity index (χ4v) is 3.21. The van der Waals surface area contributed by atoms with Crippen LogP contribution in [0.4, 0.5) is 5.69 Å². The lowest BCUT2D eigenvalue weighted by molar-refractivity contribution is 0.102. The van der Waals surface area contributed by atoms with Gasteiger partial charge in [0.25, 0.3) is 5.91 Å². The summed E-state index contributed by atoms with van der Waals surface area (Å²) in [5.41, 5.74) is 3.43. The van der Waals surface area contributed by atoms with Crippen molar-refractivity contribution in [1.29, 1.82) is 0 Å².